The minimum absolute atomic E-state index is 0.165. The minimum atomic E-state index is -0.276. The smallest absolute Gasteiger partial charge is 0.255 e. The van der Waals surface area contributed by atoms with Gasteiger partial charge in [0.15, 0.2) is 0 Å². The number of amides is 2. The number of ether oxygens (including phenoxy) is 2. The number of hydrogen-bond donors (Lipinski definition) is 2. The maximum absolute atomic E-state index is 12.1. The Labute approximate surface area is 140 Å². The van der Waals surface area contributed by atoms with Crippen molar-refractivity contribution in [1.82, 2.24) is 5.32 Å². The van der Waals surface area contributed by atoms with Gasteiger partial charge in [0.2, 0.25) is 5.91 Å². The number of methoxy groups -OCH3 is 2. The largest absolute Gasteiger partial charge is 0.497 e. The Morgan fingerprint density at radius 1 is 1.00 bits per heavy atom. The zero-order valence-electron chi connectivity index (χ0n) is 13.7. The molecule has 0 unspecified atom stereocenters. The highest BCUT2D eigenvalue weighted by atomic mass is 16.5. The maximum Gasteiger partial charge on any atom is 0.255 e. The summed E-state index contributed by atoms with van der Waals surface area (Å²) < 4.78 is 10.2. The fourth-order valence-electron chi connectivity index (χ4n) is 2.14. The lowest BCUT2D eigenvalue weighted by atomic mass is 10.2. The van der Waals surface area contributed by atoms with Crippen molar-refractivity contribution < 1.29 is 19.1 Å². The maximum atomic E-state index is 12.1. The van der Waals surface area contributed by atoms with Gasteiger partial charge in [-0.3, -0.25) is 9.59 Å². The Morgan fingerprint density at radius 2 is 1.79 bits per heavy atom. The van der Waals surface area contributed by atoms with Crippen LogP contribution in [0.4, 0.5) is 5.69 Å². The van der Waals surface area contributed by atoms with Crippen LogP contribution in [0.25, 0.3) is 0 Å². The Hall–Kier alpha value is -3.02. The summed E-state index contributed by atoms with van der Waals surface area (Å²) in [5.41, 5.74) is 1.09. The summed E-state index contributed by atoms with van der Waals surface area (Å²) in [6.07, 6.45) is 0.165. The van der Waals surface area contributed by atoms with Crippen LogP contribution in [0.1, 0.15) is 16.8 Å². The second-order valence-corrected chi connectivity index (χ2v) is 4.99. The first-order valence-corrected chi connectivity index (χ1v) is 7.49. The van der Waals surface area contributed by atoms with E-state index in [2.05, 4.69) is 10.6 Å². The van der Waals surface area contributed by atoms with E-state index in [1.165, 1.54) is 7.11 Å². The third-order valence-corrected chi connectivity index (χ3v) is 3.34. The molecule has 0 bridgehead atoms. The van der Waals surface area contributed by atoms with Crippen LogP contribution in [0.2, 0.25) is 0 Å². The molecule has 0 aliphatic heterocycles. The Morgan fingerprint density at radius 3 is 2.54 bits per heavy atom. The standard InChI is InChI=1S/C18H20N2O4/c1-23-14-7-5-6-13(12-14)20-17(21)10-11-19-18(22)15-8-3-4-9-16(15)24-2/h3-9,12H,10-11H2,1-2H3,(H,19,22)(H,20,21). The molecule has 6 nitrogen and oxygen atoms in total. The van der Waals surface area contributed by atoms with E-state index in [-0.39, 0.29) is 24.8 Å². The van der Waals surface area contributed by atoms with Gasteiger partial charge in [0, 0.05) is 24.7 Å². The topological polar surface area (TPSA) is 76.7 Å². The first kappa shape index (κ1) is 17.3. The van der Waals surface area contributed by atoms with Gasteiger partial charge >= 0.3 is 0 Å². The molecule has 0 radical (unpaired) electrons. The van der Waals surface area contributed by atoms with Crippen molar-refractivity contribution in [1.29, 1.82) is 0 Å². The van der Waals surface area contributed by atoms with Gasteiger partial charge < -0.3 is 20.1 Å². The predicted molar refractivity (Wildman–Crippen MR) is 91.6 cm³/mol. The van der Waals surface area contributed by atoms with Crippen molar-refractivity contribution in [3.8, 4) is 11.5 Å². The lowest BCUT2D eigenvalue weighted by Crippen LogP contribution is -2.28. The summed E-state index contributed by atoms with van der Waals surface area (Å²) in [6.45, 7) is 0.229. The van der Waals surface area contributed by atoms with E-state index < -0.39 is 0 Å². The van der Waals surface area contributed by atoms with Crippen LogP contribution < -0.4 is 20.1 Å². The average molecular weight is 328 g/mol. The quantitative estimate of drug-likeness (QED) is 0.818. The van der Waals surface area contributed by atoms with Gasteiger partial charge in [0.05, 0.1) is 19.8 Å². The first-order valence-electron chi connectivity index (χ1n) is 7.49. The van der Waals surface area contributed by atoms with E-state index in [0.717, 1.165) is 0 Å². The van der Waals surface area contributed by atoms with Gasteiger partial charge in [-0.05, 0) is 24.3 Å². The third kappa shape index (κ3) is 4.74. The Bertz CT molecular complexity index is 716. The van der Waals surface area contributed by atoms with Gasteiger partial charge in [-0.15, -0.1) is 0 Å². The van der Waals surface area contributed by atoms with E-state index in [1.807, 2.05) is 0 Å². The monoisotopic (exact) mass is 328 g/mol. The fraction of sp³-hybridized carbons (Fsp3) is 0.222. The molecular formula is C18H20N2O4. The number of hydrogen-bond acceptors (Lipinski definition) is 4. The Kier molecular flexibility index (Phi) is 6.19. The fourth-order valence-corrected chi connectivity index (χ4v) is 2.14. The molecule has 2 aromatic rings. The molecule has 0 fully saturated rings. The second-order valence-electron chi connectivity index (χ2n) is 4.99. The summed E-state index contributed by atoms with van der Waals surface area (Å²) in [7, 11) is 3.07. The number of benzene rings is 2. The SMILES string of the molecule is COc1cccc(NC(=O)CCNC(=O)c2ccccc2OC)c1. The van der Waals surface area contributed by atoms with E-state index >= 15 is 0 Å². The highest BCUT2D eigenvalue weighted by molar-refractivity contribution is 5.97. The molecule has 2 aromatic carbocycles. The van der Waals surface area contributed by atoms with Gasteiger partial charge in [0.1, 0.15) is 11.5 Å². The molecule has 0 aliphatic carbocycles. The molecule has 126 valence electrons. The third-order valence-electron chi connectivity index (χ3n) is 3.34. The second kappa shape index (κ2) is 8.57. The molecule has 0 aromatic heterocycles. The molecular weight excluding hydrogens is 308 g/mol. The van der Waals surface area contributed by atoms with E-state index in [1.54, 1.807) is 55.6 Å². The van der Waals surface area contributed by atoms with Gasteiger partial charge in [-0.2, -0.15) is 0 Å². The lowest BCUT2D eigenvalue weighted by Gasteiger charge is -2.10. The molecule has 2 N–H and O–H groups in total. The van der Waals surface area contributed by atoms with Crippen LogP contribution in [0.3, 0.4) is 0 Å². The number of carbonyl (C=O) groups excluding carboxylic acids is 2. The van der Waals surface area contributed by atoms with Crippen LogP contribution >= 0.6 is 0 Å². The van der Waals surface area contributed by atoms with Crippen molar-refractivity contribution in [2.75, 3.05) is 26.1 Å². The summed E-state index contributed by atoms with van der Waals surface area (Å²) in [4.78, 5) is 24.0. The van der Waals surface area contributed by atoms with Crippen molar-refractivity contribution in [2.24, 2.45) is 0 Å². The molecule has 0 spiro atoms. The normalized spacial score (nSPS) is 9.92. The molecule has 2 rings (SSSR count). The molecule has 0 aliphatic rings. The lowest BCUT2D eigenvalue weighted by molar-refractivity contribution is -0.116. The van der Waals surface area contributed by atoms with Crippen LogP contribution in [-0.2, 0) is 4.79 Å². The zero-order chi connectivity index (χ0) is 17.4. The number of anilines is 1. The number of rotatable bonds is 7. The molecule has 0 saturated carbocycles. The average Bonchev–Trinajstić information content (AvgIpc) is 2.61. The summed E-state index contributed by atoms with van der Waals surface area (Å²) in [6, 6.07) is 14.0. The van der Waals surface area contributed by atoms with Gasteiger partial charge in [-0.25, -0.2) is 0 Å². The van der Waals surface area contributed by atoms with Crippen molar-refractivity contribution in [3.63, 3.8) is 0 Å². The minimum Gasteiger partial charge on any atom is -0.497 e. The molecule has 2 amide bonds. The van der Waals surface area contributed by atoms with Crippen LogP contribution in [0.5, 0.6) is 11.5 Å². The molecule has 6 heteroatoms. The number of carbonyl (C=O) groups is 2. The number of nitrogens with one attached hydrogen (secondary N) is 2. The van der Waals surface area contributed by atoms with Crippen molar-refractivity contribution in [2.45, 2.75) is 6.42 Å². The van der Waals surface area contributed by atoms with Crippen molar-refractivity contribution in [3.05, 3.63) is 54.1 Å². The van der Waals surface area contributed by atoms with E-state index in [4.69, 9.17) is 9.47 Å². The molecule has 0 atom stereocenters. The first-order chi connectivity index (χ1) is 11.6. The van der Waals surface area contributed by atoms with Gasteiger partial charge in [-0.1, -0.05) is 18.2 Å². The Balaban J connectivity index is 1.82. The zero-order valence-corrected chi connectivity index (χ0v) is 13.7. The summed E-state index contributed by atoms with van der Waals surface area (Å²) >= 11 is 0. The predicted octanol–water partition coefficient (Wildman–Crippen LogP) is 2.46. The highest BCUT2D eigenvalue weighted by Gasteiger charge is 2.11. The van der Waals surface area contributed by atoms with E-state index in [9.17, 15) is 9.59 Å². The van der Waals surface area contributed by atoms with E-state index in [0.29, 0.717) is 22.7 Å². The van der Waals surface area contributed by atoms with Gasteiger partial charge in [0.25, 0.3) is 5.91 Å². The van der Waals surface area contributed by atoms with Crippen LogP contribution in [0, 0.1) is 0 Å². The summed E-state index contributed by atoms with van der Waals surface area (Å²) in [5.74, 6) is 0.693. The molecule has 0 saturated heterocycles. The number of para-hydroxylation sites is 1. The highest BCUT2D eigenvalue weighted by Crippen LogP contribution is 2.17. The van der Waals surface area contributed by atoms with Crippen LogP contribution in [0.15, 0.2) is 48.5 Å². The van der Waals surface area contributed by atoms with Crippen molar-refractivity contribution >= 4 is 17.5 Å². The molecule has 24 heavy (non-hydrogen) atoms. The van der Waals surface area contributed by atoms with Crippen LogP contribution in [-0.4, -0.2) is 32.6 Å². The summed E-state index contributed by atoms with van der Waals surface area (Å²) in [5, 5.41) is 5.47. The molecule has 0 heterocycles.